The molecule has 0 fully saturated rings. The number of benzene rings is 2. The summed E-state index contributed by atoms with van der Waals surface area (Å²) >= 11 is 1.55. The fourth-order valence-electron chi connectivity index (χ4n) is 2.72. The second-order valence-corrected chi connectivity index (χ2v) is 7.47. The molecule has 1 N–H and O–H groups in total. The minimum Gasteiger partial charge on any atom is -0.494 e. The van der Waals surface area contributed by atoms with E-state index < -0.39 is 0 Å². The third kappa shape index (κ3) is 5.33. The maximum Gasteiger partial charge on any atom is 0.226 e. The zero-order valence-electron chi connectivity index (χ0n) is 16.4. The van der Waals surface area contributed by atoms with E-state index in [0.717, 1.165) is 33.3 Å². The number of thiazole rings is 1. The number of hydrogen-bond acceptors (Lipinski definition) is 5. The van der Waals surface area contributed by atoms with Crippen LogP contribution in [0.15, 0.2) is 53.9 Å². The van der Waals surface area contributed by atoms with Crippen molar-refractivity contribution in [1.29, 1.82) is 0 Å². The van der Waals surface area contributed by atoms with Crippen LogP contribution in [0.4, 0.5) is 5.69 Å². The number of aromatic nitrogens is 1. The summed E-state index contributed by atoms with van der Waals surface area (Å²) in [4.78, 5) is 18.9. The highest BCUT2D eigenvalue weighted by Gasteiger charge is 2.09. The molecule has 0 atom stereocenters. The van der Waals surface area contributed by atoms with E-state index in [1.165, 1.54) is 0 Å². The Bertz CT molecular complexity index is 902. The van der Waals surface area contributed by atoms with Gasteiger partial charge in [-0.2, -0.15) is 0 Å². The largest absolute Gasteiger partial charge is 0.494 e. The molecule has 0 saturated carbocycles. The van der Waals surface area contributed by atoms with Gasteiger partial charge in [0.25, 0.3) is 0 Å². The van der Waals surface area contributed by atoms with Crippen molar-refractivity contribution >= 4 is 22.9 Å². The highest BCUT2D eigenvalue weighted by atomic mass is 32.1. The van der Waals surface area contributed by atoms with E-state index in [1.54, 1.807) is 11.3 Å². The molecule has 1 aromatic heterocycles. The van der Waals surface area contributed by atoms with E-state index in [1.807, 2.05) is 79.8 Å². The van der Waals surface area contributed by atoms with Crippen LogP contribution in [0.1, 0.15) is 18.2 Å². The first-order chi connectivity index (χ1) is 13.5. The van der Waals surface area contributed by atoms with Gasteiger partial charge in [-0.15, -0.1) is 11.3 Å². The normalized spacial score (nSPS) is 10.5. The van der Waals surface area contributed by atoms with Crippen molar-refractivity contribution in [2.75, 3.05) is 25.6 Å². The van der Waals surface area contributed by atoms with Crippen molar-refractivity contribution in [3.8, 4) is 16.3 Å². The molecule has 2 aromatic carbocycles. The monoisotopic (exact) mass is 395 g/mol. The van der Waals surface area contributed by atoms with Crippen molar-refractivity contribution in [2.45, 2.75) is 19.9 Å². The summed E-state index contributed by atoms with van der Waals surface area (Å²) in [6, 6.07) is 16.0. The molecule has 0 aliphatic heterocycles. The van der Waals surface area contributed by atoms with Crippen LogP contribution in [0.2, 0.25) is 0 Å². The molecule has 1 amide bonds. The smallest absolute Gasteiger partial charge is 0.226 e. The van der Waals surface area contributed by atoms with Crippen molar-refractivity contribution in [3.63, 3.8) is 0 Å². The summed E-state index contributed by atoms with van der Waals surface area (Å²) in [5.41, 5.74) is 4.03. The van der Waals surface area contributed by atoms with Gasteiger partial charge >= 0.3 is 0 Å². The molecule has 28 heavy (non-hydrogen) atoms. The lowest BCUT2D eigenvalue weighted by atomic mass is 10.2. The number of anilines is 1. The van der Waals surface area contributed by atoms with E-state index in [0.29, 0.717) is 13.2 Å². The Labute approximate surface area is 170 Å². The Morgan fingerprint density at radius 1 is 1.11 bits per heavy atom. The minimum atomic E-state index is -0.0276. The van der Waals surface area contributed by atoms with Crippen LogP contribution < -0.4 is 15.0 Å². The Balaban J connectivity index is 1.53. The topological polar surface area (TPSA) is 54.5 Å². The third-order valence-electron chi connectivity index (χ3n) is 4.25. The lowest BCUT2D eigenvalue weighted by molar-refractivity contribution is -0.120. The van der Waals surface area contributed by atoms with Crippen molar-refractivity contribution < 1.29 is 9.53 Å². The van der Waals surface area contributed by atoms with Gasteiger partial charge in [-0.25, -0.2) is 4.98 Å². The second kappa shape index (κ2) is 9.37. The predicted octanol–water partition coefficient (Wildman–Crippen LogP) is 4.13. The number of carbonyl (C=O) groups is 1. The average molecular weight is 396 g/mol. The maximum absolute atomic E-state index is 12.3. The van der Waals surface area contributed by atoms with Gasteiger partial charge in [0.1, 0.15) is 10.8 Å². The summed E-state index contributed by atoms with van der Waals surface area (Å²) in [6.45, 7) is 3.13. The van der Waals surface area contributed by atoms with Crippen molar-refractivity contribution in [1.82, 2.24) is 10.3 Å². The van der Waals surface area contributed by atoms with Gasteiger partial charge in [-0.1, -0.05) is 12.1 Å². The van der Waals surface area contributed by atoms with E-state index in [4.69, 9.17) is 4.74 Å². The molecule has 0 radical (unpaired) electrons. The number of rotatable bonds is 8. The van der Waals surface area contributed by atoms with Crippen LogP contribution in [0.5, 0.6) is 5.75 Å². The molecule has 3 aromatic rings. The lowest BCUT2D eigenvalue weighted by Gasteiger charge is -2.12. The summed E-state index contributed by atoms with van der Waals surface area (Å²) < 4.78 is 5.46. The quantitative estimate of drug-likeness (QED) is 0.623. The lowest BCUT2D eigenvalue weighted by Crippen LogP contribution is -2.24. The van der Waals surface area contributed by atoms with E-state index >= 15 is 0 Å². The zero-order valence-corrected chi connectivity index (χ0v) is 17.3. The van der Waals surface area contributed by atoms with Gasteiger partial charge in [0, 0.05) is 37.3 Å². The zero-order chi connectivity index (χ0) is 19.9. The Morgan fingerprint density at radius 3 is 2.46 bits per heavy atom. The van der Waals surface area contributed by atoms with Gasteiger partial charge < -0.3 is 15.0 Å². The summed E-state index contributed by atoms with van der Waals surface area (Å²) in [7, 11) is 4.01. The van der Waals surface area contributed by atoms with E-state index in [-0.39, 0.29) is 12.3 Å². The van der Waals surface area contributed by atoms with Crippen LogP contribution in [-0.2, 0) is 17.8 Å². The summed E-state index contributed by atoms with van der Waals surface area (Å²) in [5, 5.41) is 5.81. The third-order valence-corrected chi connectivity index (χ3v) is 5.19. The molecule has 3 rings (SSSR count). The van der Waals surface area contributed by atoms with Gasteiger partial charge in [0.2, 0.25) is 5.91 Å². The van der Waals surface area contributed by atoms with Crippen molar-refractivity contribution in [2.24, 2.45) is 0 Å². The van der Waals surface area contributed by atoms with Gasteiger partial charge in [-0.3, -0.25) is 4.79 Å². The fourth-order valence-corrected chi connectivity index (χ4v) is 3.55. The van der Waals surface area contributed by atoms with Gasteiger partial charge in [0.15, 0.2) is 0 Å². The standard InChI is InChI=1S/C22H25N3O2S/c1-4-27-20-11-7-17(8-12-20)22-24-18(15-28-22)13-21(26)23-14-16-5-9-19(10-6-16)25(2)3/h5-12,15H,4,13-14H2,1-3H3,(H,23,26). The molecule has 146 valence electrons. The number of hydrogen-bond donors (Lipinski definition) is 1. The molecule has 0 aliphatic rings. The van der Waals surface area contributed by atoms with E-state index in [2.05, 4.69) is 10.3 Å². The number of ether oxygens (including phenoxy) is 1. The molecule has 5 nitrogen and oxygen atoms in total. The Morgan fingerprint density at radius 2 is 1.82 bits per heavy atom. The first-order valence-electron chi connectivity index (χ1n) is 9.25. The summed E-state index contributed by atoms with van der Waals surface area (Å²) in [6.07, 6.45) is 0.281. The molecule has 0 saturated heterocycles. The molecule has 0 unspecified atom stereocenters. The van der Waals surface area contributed by atoms with Gasteiger partial charge in [-0.05, 0) is 48.9 Å². The van der Waals surface area contributed by atoms with Gasteiger partial charge in [0.05, 0.1) is 18.7 Å². The minimum absolute atomic E-state index is 0.0276. The first kappa shape index (κ1) is 19.9. The fraction of sp³-hybridized carbons (Fsp3) is 0.273. The summed E-state index contributed by atoms with van der Waals surface area (Å²) in [5.74, 6) is 0.821. The Kier molecular flexibility index (Phi) is 6.66. The van der Waals surface area contributed by atoms with E-state index in [9.17, 15) is 4.79 Å². The molecular weight excluding hydrogens is 370 g/mol. The molecule has 0 aliphatic carbocycles. The molecule has 1 heterocycles. The maximum atomic E-state index is 12.3. The number of amides is 1. The first-order valence-corrected chi connectivity index (χ1v) is 10.1. The van der Waals surface area contributed by atoms with Crippen LogP contribution >= 0.6 is 11.3 Å². The van der Waals surface area contributed by atoms with Crippen LogP contribution in [0.25, 0.3) is 10.6 Å². The number of carbonyl (C=O) groups excluding carboxylic acids is 1. The molecule has 0 spiro atoms. The molecular formula is C22H25N3O2S. The van der Waals surface area contributed by atoms with Crippen molar-refractivity contribution in [3.05, 3.63) is 65.2 Å². The highest BCUT2D eigenvalue weighted by molar-refractivity contribution is 7.13. The predicted molar refractivity (Wildman–Crippen MR) is 115 cm³/mol. The SMILES string of the molecule is CCOc1ccc(-c2nc(CC(=O)NCc3ccc(N(C)C)cc3)cs2)cc1. The highest BCUT2D eigenvalue weighted by Crippen LogP contribution is 2.26. The molecule has 0 bridgehead atoms. The Hall–Kier alpha value is -2.86. The van der Waals surface area contributed by atoms with Crippen LogP contribution in [0, 0.1) is 0 Å². The van der Waals surface area contributed by atoms with Crippen LogP contribution in [0.3, 0.4) is 0 Å². The second-order valence-electron chi connectivity index (χ2n) is 6.62. The molecule has 6 heteroatoms. The number of nitrogens with zero attached hydrogens (tertiary/aromatic N) is 2. The van der Waals surface area contributed by atoms with Crippen LogP contribution in [-0.4, -0.2) is 31.6 Å². The number of nitrogens with one attached hydrogen (secondary N) is 1. The average Bonchev–Trinajstić information content (AvgIpc) is 3.16.